The fourth-order valence-electron chi connectivity index (χ4n) is 3.99. The lowest BCUT2D eigenvalue weighted by Crippen LogP contribution is -2.45. The predicted octanol–water partition coefficient (Wildman–Crippen LogP) is 0.523. The van der Waals surface area contributed by atoms with Gasteiger partial charge in [-0.2, -0.15) is 0 Å². The van der Waals surface area contributed by atoms with Gasteiger partial charge in [0, 0.05) is 38.4 Å². The highest BCUT2D eigenvalue weighted by molar-refractivity contribution is 5.79. The Morgan fingerprint density at radius 2 is 1.67 bits per heavy atom. The number of benzene rings is 1. The summed E-state index contributed by atoms with van der Waals surface area (Å²) >= 11 is 0. The Morgan fingerprint density at radius 1 is 0.972 bits per heavy atom. The van der Waals surface area contributed by atoms with Gasteiger partial charge in [-0.3, -0.25) is 28.3 Å². The zero-order valence-electron chi connectivity index (χ0n) is 19.6. The Hall–Kier alpha value is -4.26. The number of hydrogen-bond donors (Lipinski definition) is 0. The predicted molar refractivity (Wildman–Crippen MR) is 120 cm³/mol. The summed E-state index contributed by atoms with van der Waals surface area (Å²) in [4.78, 5) is 61.0. The lowest BCUT2D eigenvalue weighted by Gasteiger charge is -2.24. The topological polar surface area (TPSA) is 158 Å². The lowest BCUT2D eigenvalue weighted by atomic mass is 10.1. The molecule has 0 amide bonds. The summed E-state index contributed by atoms with van der Waals surface area (Å²) in [6, 6.07) is 8.11. The molecule has 0 bridgehead atoms. The van der Waals surface area contributed by atoms with Crippen LogP contribution in [0, 0.1) is 0 Å². The molecule has 1 aliphatic heterocycles. The molecule has 4 rings (SSSR count). The molecule has 4 unspecified atom stereocenters. The number of esters is 3. The first-order chi connectivity index (χ1) is 17.2. The third-order valence-electron chi connectivity index (χ3n) is 5.47. The van der Waals surface area contributed by atoms with E-state index in [1.165, 1.54) is 13.1 Å². The summed E-state index contributed by atoms with van der Waals surface area (Å²) in [5.74, 6) is -2.04. The van der Waals surface area contributed by atoms with E-state index in [1.54, 1.807) is 24.3 Å². The molecule has 0 aliphatic carbocycles. The van der Waals surface area contributed by atoms with Crippen LogP contribution in [0.5, 0.6) is 0 Å². The van der Waals surface area contributed by atoms with Crippen LogP contribution in [0.25, 0.3) is 11.0 Å². The van der Waals surface area contributed by atoms with Gasteiger partial charge in [0.1, 0.15) is 18.4 Å². The second-order valence-electron chi connectivity index (χ2n) is 8.07. The van der Waals surface area contributed by atoms with Crippen molar-refractivity contribution in [3.63, 3.8) is 0 Å². The van der Waals surface area contributed by atoms with Crippen LogP contribution < -0.4 is 11.2 Å². The highest BCUT2D eigenvalue weighted by Gasteiger charge is 2.51. The van der Waals surface area contributed by atoms with Crippen molar-refractivity contribution in [2.75, 3.05) is 6.61 Å². The van der Waals surface area contributed by atoms with Gasteiger partial charge in [-0.25, -0.2) is 4.79 Å². The van der Waals surface area contributed by atoms with E-state index in [0.717, 1.165) is 29.0 Å². The molecule has 0 radical (unpaired) electrons. The first-order valence-electron chi connectivity index (χ1n) is 10.9. The Balaban J connectivity index is 1.74. The van der Waals surface area contributed by atoms with Gasteiger partial charge < -0.3 is 23.5 Å². The number of hydrogen-bond acceptors (Lipinski definition) is 11. The molecule has 0 spiro atoms. The number of ether oxygens (including phenoxy) is 4. The number of aromatic nitrogens is 3. The van der Waals surface area contributed by atoms with Crippen LogP contribution in [0.15, 0.2) is 50.6 Å². The SMILES string of the molecule is CC(=O)OCC1OC(n2ccc(=O)n(Cc3noc4ccccc34)c2=O)C(OC(C)=O)C1OC(C)=O. The highest BCUT2D eigenvalue weighted by atomic mass is 16.7. The maximum atomic E-state index is 13.4. The molecule has 3 heterocycles. The van der Waals surface area contributed by atoms with E-state index in [9.17, 15) is 24.0 Å². The van der Waals surface area contributed by atoms with Crippen molar-refractivity contribution in [2.45, 2.75) is 51.9 Å². The average molecular weight is 501 g/mol. The minimum Gasteiger partial charge on any atom is -0.463 e. The van der Waals surface area contributed by atoms with Crippen molar-refractivity contribution in [1.29, 1.82) is 0 Å². The first kappa shape index (κ1) is 24.9. The van der Waals surface area contributed by atoms with Crippen LogP contribution in [-0.4, -0.2) is 57.1 Å². The second kappa shape index (κ2) is 10.2. The van der Waals surface area contributed by atoms with E-state index in [1.807, 2.05) is 0 Å². The van der Waals surface area contributed by atoms with Crippen molar-refractivity contribution >= 4 is 28.9 Å². The summed E-state index contributed by atoms with van der Waals surface area (Å²) in [7, 11) is 0. The molecule has 1 aliphatic rings. The van der Waals surface area contributed by atoms with Crippen LogP contribution in [0.3, 0.4) is 0 Å². The number of carbonyl (C=O) groups excluding carboxylic acids is 3. The Kier molecular flexibility index (Phi) is 7.01. The largest absolute Gasteiger partial charge is 0.463 e. The number of nitrogens with zero attached hydrogens (tertiary/aromatic N) is 3. The van der Waals surface area contributed by atoms with Crippen LogP contribution in [0.2, 0.25) is 0 Å². The van der Waals surface area contributed by atoms with E-state index in [-0.39, 0.29) is 13.2 Å². The minimum absolute atomic E-state index is 0.204. The van der Waals surface area contributed by atoms with E-state index < -0.39 is 53.7 Å². The molecule has 1 aromatic carbocycles. The standard InChI is InChI=1S/C23H23N3O10/c1-12(27)32-11-18-20(33-13(2)28)21(34-14(3)29)22(35-18)25-9-8-19(30)26(23(25)31)10-16-15-6-4-5-7-17(15)36-24-16/h4-9,18,20-22H,10-11H2,1-3H3. The summed E-state index contributed by atoms with van der Waals surface area (Å²) in [6.07, 6.45) is -3.64. The first-order valence-corrected chi connectivity index (χ1v) is 10.9. The number of para-hydroxylation sites is 1. The van der Waals surface area contributed by atoms with Crippen LogP contribution in [0.1, 0.15) is 32.7 Å². The molecule has 13 nitrogen and oxygen atoms in total. The fourth-order valence-corrected chi connectivity index (χ4v) is 3.99. The quantitative estimate of drug-likeness (QED) is 0.328. The average Bonchev–Trinajstić information content (AvgIpc) is 3.36. The van der Waals surface area contributed by atoms with Crippen molar-refractivity contribution < 1.29 is 37.9 Å². The van der Waals surface area contributed by atoms with Gasteiger partial charge in [-0.15, -0.1) is 0 Å². The third-order valence-corrected chi connectivity index (χ3v) is 5.47. The minimum atomic E-state index is -1.30. The molecular formula is C23H23N3O10. The van der Waals surface area contributed by atoms with Crippen LogP contribution in [-0.2, 0) is 39.9 Å². The van der Waals surface area contributed by atoms with Crippen molar-refractivity contribution in [2.24, 2.45) is 0 Å². The molecule has 4 atom stereocenters. The second-order valence-corrected chi connectivity index (χ2v) is 8.07. The number of fused-ring (bicyclic) bond motifs is 1. The van der Waals surface area contributed by atoms with Gasteiger partial charge in [0.15, 0.2) is 24.0 Å². The summed E-state index contributed by atoms with van der Waals surface area (Å²) in [5.41, 5.74) is -0.565. The molecule has 13 heteroatoms. The van der Waals surface area contributed by atoms with E-state index in [0.29, 0.717) is 16.7 Å². The maximum Gasteiger partial charge on any atom is 0.333 e. The van der Waals surface area contributed by atoms with Gasteiger partial charge in [-0.1, -0.05) is 17.3 Å². The molecule has 190 valence electrons. The molecule has 3 aromatic rings. The third kappa shape index (κ3) is 5.05. The Morgan fingerprint density at radius 3 is 2.36 bits per heavy atom. The molecule has 0 N–H and O–H groups in total. The van der Waals surface area contributed by atoms with Crippen molar-refractivity contribution in [3.05, 3.63) is 63.1 Å². The monoisotopic (exact) mass is 501 g/mol. The summed E-state index contributed by atoms with van der Waals surface area (Å²) in [6.45, 7) is 2.94. The summed E-state index contributed by atoms with van der Waals surface area (Å²) in [5, 5.41) is 4.59. The molecule has 1 saturated heterocycles. The van der Waals surface area contributed by atoms with E-state index in [4.69, 9.17) is 23.5 Å². The van der Waals surface area contributed by atoms with Gasteiger partial charge in [-0.05, 0) is 12.1 Å². The molecular weight excluding hydrogens is 478 g/mol. The smallest absolute Gasteiger partial charge is 0.333 e. The zero-order chi connectivity index (χ0) is 26.0. The summed E-state index contributed by atoms with van der Waals surface area (Å²) < 4.78 is 28.8. The Labute approximate surface area is 203 Å². The van der Waals surface area contributed by atoms with Crippen LogP contribution >= 0.6 is 0 Å². The lowest BCUT2D eigenvalue weighted by molar-refractivity contribution is -0.166. The van der Waals surface area contributed by atoms with Crippen molar-refractivity contribution in [3.8, 4) is 0 Å². The molecule has 2 aromatic heterocycles. The van der Waals surface area contributed by atoms with Gasteiger partial charge >= 0.3 is 23.6 Å². The highest BCUT2D eigenvalue weighted by Crippen LogP contribution is 2.33. The van der Waals surface area contributed by atoms with E-state index in [2.05, 4.69) is 5.16 Å². The van der Waals surface area contributed by atoms with Crippen LogP contribution in [0.4, 0.5) is 0 Å². The van der Waals surface area contributed by atoms with E-state index >= 15 is 0 Å². The van der Waals surface area contributed by atoms with Gasteiger partial charge in [0.25, 0.3) is 5.56 Å². The zero-order valence-corrected chi connectivity index (χ0v) is 19.6. The number of carbonyl (C=O) groups is 3. The fraction of sp³-hybridized carbons (Fsp3) is 0.391. The number of rotatable bonds is 7. The van der Waals surface area contributed by atoms with Gasteiger partial charge in [0.05, 0.1) is 6.54 Å². The van der Waals surface area contributed by atoms with Crippen molar-refractivity contribution in [1.82, 2.24) is 14.3 Å². The molecule has 36 heavy (non-hydrogen) atoms. The van der Waals surface area contributed by atoms with Gasteiger partial charge in [0.2, 0.25) is 0 Å². The Bertz CT molecular complexity index is 1420. The molecule has 1 fully saturated rings. The molecule has 0 saturated carbocycles. The normalized spacial score (nSPS) is 21.3. The maximum absolute atomic E-state index is 13.4.